The Bertz CT molecular complexity index is 404. The monoisotopic (exact) mass is 266 g/mol. The maximum atomic E-state index is 12.5. The highest BCUT2D eigenvalue weighted by Gasteiger charge is 2.71. The zero-order valence-corrected chi connectivity index (χ0v) is 12.1. The number of rotatable bonds is 4. The van der Waals surface area contributed by atoms with Crippen LogP contribution < -0.4 is 0 Å². The number of esters is 2. The molecular weight excluding hydrogens is 244 g/mol. The zero-order chi connectivity index (χ0) is 14.3. The summed E-state index contributed by atoms with van der Waals surface area (Å²) < 4.78 is 10.4. The van der Waals surface area contributed by atoms with E-state index in [2.05, 4.69) is 6.08 Å². The Morgan fingerprint density at radius 1 is 1.05 bits per heavy atom. The summed E-state index contributed by atoms with van der Waals surface area (Å²) in [5.41, 5.74) is -1.65. The Hall–Kier alpha value is -1.32. The Labute approximate surface area is 114 Å². The molecule has 2 bridgehead atoms. The standard InChI is InChI=1S/C15H22O4/c1-5-18-12(16)15(13(17)19-6-2)11-8-7-10(9-11)14(15,3)4/h7-8,10-11H,5-6,9H2,1-4H3. The van der Waals surface area contributed by atoms with Gasteiger partial charge >= 0.3 is 11.9 Å². The fourth-order valence-corrected chi connectivity index (χ4v) is 3.73. The first-order valence-electron chi connectivity index (χ1n) is 6.95. The summed E-state index contributed by atoms with van der Waals surface area (Å²) >= 11 is 0. The number of carbonyl (C=O) groups excluding carboxylic acids is 2. The van der Waals surface area contributed by atoms with Gasteiger partial charge in [0, 0.05) is 5.92 Å². The molecule has 2 aliphatic rings. The number of hydrogen-bond acceptors (Lipinski definition) is 4. The highest BCUT2D eigenvalue weighted by Crippen LogP contribution is 2.64. The van der Waals surface area contributed by atoms with Crippen molar-refractivity contribution >= 4 is 11.9 Å². The molecular formula is C15H22O4. The number of carbonyl (C=O) groups is 2. The van der Waals surface area contributed by atoms with Gasteiger partial charge in [-0.05, 0) is 31.6 Å². The van der Waals surface area contributed by atoms with E-state index in [9.17, 15) is 9.59 Å². The van der Waals surface area contributed by atoms with Crippen LogP contribution in [0.1, 0.15) is 34.1 Å². The van der Waals surface area contributed by atoms with Crippen LogP contribution in [0, 0.1) is 22.7 Å². The molecule has 0 saturated heterocycles. The Kier molecular flexibility index (Phi) is 3.45. The van der Waals surface area contributed by atoms with Gasteiger partial charge in [-0.2, -0.15) is 0 Å². The topological polar surface area (TPSA) is 52.6 Å². The van der Waals surface area contributed by atoms with Gasteiger partial charge in [-0.25, -0.2) is 0 Å². The van der Waals surface area contributed by atoms with E-state index < -0.39 is 22.8 Å². The van der Waals surface area contributed by atoms with Crippen LogP contribution in [0.5, 0.6) is 0 Å². The van der Waals surface area contributed by atoms with Gasteiger partial charge in [0.2, 0.25) is 0 Å². The van der Waals surface area contributed by atoms with E-state index in [1.807, 2.05) is 19.9 Å². The lowest BCUT2D eigenvalue weighted by Gasteiger charge is -2.43. The van der Waals surface area contributed by atoms with Gasteiger partial charge in [0.05, 0.1) is 13.2 Å². The third-order valence-corrected chi connectivity index (χ3v) is 4.78. The van der Waals surface area contributed by atoms with Crippen molar-refractivity contribution in [3.63, 3.8) is 0 Å². The van der Waals surface area contributed by atoms with E-state index in [4.69, 9.17) is 9.47 Å². The number of fused-ring (bicyclic) bond motifs is 2. The normalized spacial score (nSPS) is 29.3. The summed E-state index contributed by atoms with van der Waals surface area (Å²) in [5.74, 6) is -0.748. The highest BCUT2D eigenvalue weighted by atomic mass is 16.6. The van der Waals surface area contributed by atoms with Gasteiger partial charge in [-0.1, -0.05) is 26.0 Å². The fraction of sp³-hybridized carbons (Fsp3) is 0.733. The molecule has 19 heavy (non-hydrogen) atoms. The Morgan fingerprint density at radius 2 is 1.53 bits per heavy atom. The van der Waals surface area contributed by atoms with Crippen LogP contribution in [-0.4, -0.2) is 25.2 Å². The fourth-order valence-electron chi connectivity index (χ4n) is 3.73. The van der Waals surface area contributed by atoms with Gasteiger partial charge < -0.3 is 9.47 Å². The van der Waals surface area contributed by atoms with E-state index in [1.54, 1.807) is 13.8 Å². The minimum atomic E-state index is -1.18. The van der Waals surface area contributed by atoms with Crippen molar-refractivity contribution in [2.45, 2.75) is 34.1 Å². The largest absolute Gasteiger partial charge is 0.465 e. The second-order valence-electron chi connectivity index (χ2n) is 5.80. The SMILES string of the molecule is CCOC(=O)C1(C(=O)OCC)C2C=CC(C2)C1(C)C. The van der Waals surface area contributed by atoms with Crippen LogP contribution >= 0.6 is 0 Å². The van der Waals surface area contributed by atoms with E-state index in [1.165, 1.54) is 0 Å². The van der Waals surface area contributed by atoms with Crippen molar-refractivity contribution in [3.05, 3.63) is 12.2 Å². The van der Waals surface area contributed by atoms with Gasteiger partial charge in [-0.15, -0.1) is 0 Å². The van der Waals surface area contributed by atoms with Crippen LogP contribution in [0.25, 0.3) is 0 Å². The average molecular weight is 266 g/mol. The molecule has 106 valence electrons. The predicted molar refractivity (Wildman–Crippen MR) is 70.2 cm³/mol. The third-order valence-electron chi connectivity index (χ3n) is 4.78. The minimum Gasteiger partial charge on any atom is -0.465 e. The minimum absolute atomic E-state index is 0.106. The molecule has 2 aliphatic carbocycles. The molecule has 0 spiro atoms. The number of hydrogen-bond donors (Lipinski definition) is 0. The summed E-state index contributed by atoms with van der Waals surface area (Å²) in [6.45, 7) is 8.00. The lowest BCUT2D eigenvalue weighted by atomic mass is 9.59. The summed E-state index contributed by atoms with van der Waals surface area (Å²) in [7, 11) is 0. The molecule has 0 amide bonds. The predicted octanol–water partition coefficient (Wildman–Crippen LogP) is 2.33. The van der Waals surface area contributed by atoms with Crippen molar-refractivity contribution < 1.29 is 19.1 Å². The first-order chi connectivity index (χ1) is 8.92. The van der Waals surface area contributed by atoms with Crippen LogP contribution in [0.4, 0.5) is 0 Å². The molecule has 0 aromatic heterocycles. The molecule has 4 heteroatoms. The summed E-state index contributed by atoms with van der Waals surface area (Å²) in [6, 6.07) is 0. The van der Waals surface area contributed by atoms with Gasteiger partial charge in [-0.3, -0.25) is 9.59 Å². The molecule has 0 radical (unpaired) electrons. The molecule has 1 saturated carbocycles. The maximum absolute atomic E-state index is 12.5. The average Bonchev–Trinajstić information content (AvgIpc) is 2.87. The Morgan fingerprint density at radius 3 is 1.89 bits per heavy atom. The van der Waals surface area contributed by atoms with Crippen LogP contribution in [-0.2, 0) is 19.1 Å². The molecule has 1 fully saturated rings. The van der Waals surface area contributed by atoms with E-state index in [0.29, 0.717) is 0 Å². The number of ether oxygens (including phenoxy) is 2. The lowest BCUT2D eigenvalue weighted by molar-refractivity contribution is -0.183. The van der Waals surface area contributed by atoms with Gasteiger partial charge in [0.1, 0.15) is 0 Å². The van der Waals surface area contributed by atoms with Crippen molar-refractivity contribution in [1.29, 1.82) is 0 Å². The molecule has 2 atom stereocenters. The molecule has 0 heterocycles. The smallest absolute Gasteiger partial charge is 0.324 e. The summed E-state index contributed by atoms with van der Waals surface area (Å²) in [5, 5.41) is 0. The molecule has 2 unspecified atom stereocenters. The van der Waals surface area contributed by atoms with Crippen molar-refractivity contribution in [2.24, 2.45) is 22.7 Å². The molecule has 0 aromatic rings. The Balaban J connectivity index is 2.49. The molecule has 0 aromatic carbocycles. The van der Waals surface area contributed by atoms with Crippen LogP contribution in [0.15, 0.2) is 12.2 Å². The second-order valence-corrected chi connectivity index (χ2v) is 5.80. The lowest BCUT2D eigenvalue weighted by Crippen LogP contribution is -2.54. The van der Waals surface area contributed by atoms with Crippen LogP contribution in [0.2, 0.25) is 0 Å². The molecule has 0 aliphatic heterocycles. The molecule has 2 rings (SSSR count). The first-order valence-corrected chi connectivity index (χ1v) is 6.95. The van der Waals surface area contributed by atoms with E-state index >= 15 is 0 Å². The summed E-state index contributed by atoms with van der Waals surface area (Å²) in [4.78, 5) is 25.1. The third kappa shape index (κ3) is 1.65. The summed E-state index contributed by atoms with van der Waals surface area (Å²) in [6.07, 6.45) is 4.91. The van der Waals surface area contributed by atoms with E-state index in [-0.39, 0.29) is 25.0 Å². The molecule has 4 nitrogen and oxygen atoms in total. The first kappa shape index (κ1) is 14.1. The molecule has 0 N–H and O–H groups in total. The van der Waals surface area contributed by atoms with Crippen LogP contribution in [0.3, 0.4) is 0 Å². The zero-order valence-electron chi connectivity index (χ0n) is 12.1. The highest BCUT2D eigenvalue weighted by molar-refractivity contribution is 6.02. The van der Waals surface area contributed by atoms with Crippen molar-refractivity contribution in [3.8, 4) is 0 Å². The van der Waals surface area contributed by atoms with Crippen molar-refractivity contribution in [2.75, 3.05) is 13.2 Å². The number of allylic oxidation sites excluding steroid dienone is 2. The van der Waals surface area contributed by atoms with Gasteiger partial charge in [0.25, 0.3) is 0 Å². The quantitative estimate of drug-likeness (QED) is 0.445. The van der Waals surface area contributed by atoms with Crippen molar-refractivity contribution in [1.82, 2.24) is 0 Å². The second kappa shape index (κ2) is 4.66. The van der Waals surface area contributed by atoms with Gasteiger partial charge in [0.15, 0.2) is 5.41 Å². The maximum Gasteiger partial charge on any atom is 0.324 e. The van der Waals surface area contributed by atoms with E-state index in [0.717, 1.165) is 6.42 Å².